The number of rotatable bonds is 7. The molecule has 41 heavy (non-hydrogen) atoms. The van der Waals surface area contributed by atoms with Crippen LogP contribution in [0.5, 0.6) is 5.75 Å². The van der Waals surface area contributed by atoms with Crippen LogP contribution in [0.3, 0.4) is 0 Å². The van der Waals surface area contributed by atoms with Gasteiger partial charge in [-0.05, 0) is 79.6 Å². The Hall–Kier alpha value is -4.85. The normalized spacial score (nSPS) is 11.5. The number of ether oxygens (including phenoxy) is 1. The van der Waals surface area contributed by atoms with Gasteiger partial charge in [-0.25, -0.2) is 4.98 Å². The van der Waals surface area contributed by atoms with E-state index in [9.17, 15) is 18.0 Å². The molecule has 2 N–H and O–H groups in total. The van der Waals surface area contributed by atoms with Crippen LogP contribution >= 0.6 is 0 Å². The summed E-state index contributed by atoms with van der Waals surface area (Å²) in [7, 11) is 1.58. The predicted molar refractivity (Wildman–Crippen MR) is 154 cm³/mol. The second kappa shape index (κ2) is 11.0. The smallest absolute Gasteiger partial charge is 0.416 e. The first kappa shape index (κ1) is 27.7. The van der Waals surface area contributed by atoms with E-state index in [0.717, 1.165) is 40.1 Å². The first-order valence-electron chi connectivity index (χ1n) is 12.9. The number of carbonyl (C=O) groups is 1. The van der Waals surface area contributed by atoms with Crippen LogP contribution in [0.1, 0.15) is 32.6 Å². The number of carbonyl (C=O) groups excluding carboxylic acids is 1. The summed E-state index contributed by atoms with van der Waals surface area (Å²) in [5.74, 6) is 0.520. The molecule has 0 spiro atoms. The van der Waals surface area contributed by atoms with Gasteiger partial charge in [-0.3, -0.25) is 4.79 Å². The van der Waals surface area contributed by atoms with E-state index in [1.807, 2.05) is 60.0 Å². The number of benzene rings is 4. The fourth-order valence-electron chi connectivity index (χ4n) is 4.81. The van der Waals surface area contributed by atoms with Crippen molar-refractivity contribution in [3.63, 3.8) is 0 Å². The maximum Gasteiger partial charge on any atom is 0.416 e. The number of methoxy groups -OCH3 is 1. The van der Waals surface area contributed by atoms with E-state index in [1.54, 1.807) is 44.4 Å². The van der Waals surface area contributed by atoms with Gasteiger partial charge in [0.05, 0.1) is 24.1 Å². The zero-order chi connectivity index (χ0) is 29.3. The topological polar surface area (TPSA) is 70.1 Å². The lowest BCUT2D eigenvalue weighted by Gasteiger charge is -2.16. The Labute approximate surface area is 236 Å². The van der Waals surface area contributed by atoms with Crippen molar-refractivity contribution < 1.29 is 22.7 Å². The van der Waals surface area contributed by atoms with Crippen molar-refractivity contribution in [1.29, 1.82) is 0 Å². The van der Waals surface area contributed by atoms with Gasteiger partial charge in [0, 0.05) is 28.8 Å². The number of alkyl halides is 3. The molecule has 0 aliphatic heterocycles. The molecule has 5 aromatic rings. The van der Waals surface area contributed by atoms with E-state index >= 15 is 0 Å². The zero-order valence-electron chi connectivity index (χ0n) is 22.8. The largest absolute Gasteiger partial charge is 0.497 e. The van der Waals surface area contributed by atoms with Crippen LogP contribution in [-0.4, -0.2) is 22.6 Å². The van der Waals surface area contributed by atoms with Crippen LogP contribution in [-0.2, 0) is 12.7 Å². The van der Waals surface area contributed by atoms with Crippen LogP contribution in [0.4, 0.5) is 13.2 Å². The lowest BCUT2D eigenvalue weighted by atomic mass is 10.0. The van der Waals surface area contributed by atoms with Gasteiger partial charge in [-0.15, -0.1) is 0 Å². The van der Waals surface area contributed by atoms with E-state index in [0.29, 0.717) is 34.0 Å². The van der Waals surface area contributed by atoms with Crippen molar-refractivity contribution in [2.75, 3.05) is 7.11 Å². The number of nitrogens with zero attached hydrogens (tertiary/aromatic N) is 2. The van der Waals surface area contributed by atoms with E-state index < -0.39 is 17.6 Å². The van der Waals surface area contributed by atoms with Gasteiger partial charge in [0.1, 0.15) is 11.6 Å². The standard InChI is InChI=1S/C33H28F3N3O2/c1-20-4-8-23(9-5-20)29-30(24-12-14-28(41-3)15-13-24)39(19-22-6-10-25(11-7-22)31(37)40)32(38-29)26-16-21(2)17-27(18-26)33(34,35)36/h4-18H,19H2,1-3H3,(H2,37,40). The molecule has 1 heterocycles. The molecule has 0 radical (unpaired) electrons. The second-order valence-electron chi connectivity index (χ2n) is 9.96. The third-order valence-electron chi connectivity index (χ3n) is 6.90. The number of imidazole rings is 1. The summed E-state index contributed by atoms with van der Waals surface area (Å²) in [5.41, 5.74) is 10.8. The van der Waals surface area contributed by atoms with Crippen LogP contribution in [0.25, 0.3) is 33.9 Å². The molecule has 0 bridgehead atoms. The number of hydrogen-bond donors (Lipinski definition) is 1. The summed E-state index contributed by atoms with van der Waals surface area (Å²) in [4.78, 5) is 16.6. The Morgan fingerprint density at radius 2 is 1.46 bits per heavy atom. The molecule has 0 saturated carbocycles. The molecule has 5 nitrogen and oxygen atoms in total. The van der Waals surface area contributed by atoms with Crippen molar-refractivity contribution in [2.45, 2.75) is 26.6 Å². The Balaban J connectivity index is 1.80. The van der Waals surface area contributed by atoms with Crippen molar-refractivity contribution >= 4 is 5.91 Å². The number of hydrogen-bond acceptors (Lipinski definition) is 3. The molecule has 4 aromatic carbocycles. The predicted octanol–water partition coefficient (Wildman–Crippen LogP) is 7.68. The summed E-state index contributed by atoms with van der Waals surface area (Å²) in [6.07, 6.45) is -4.51. The Morgan fingerprint density at radius 3 is 2.05 bits per heavy atom. The third-order valence-corrected chi connectivity index (χ3v) is 6.90. The molecule has 5 rings (SSSR count). The lowest BCUT2D eigenvalue weighted by Crippen LogP contribution is -2.11. The molecule has 208 valence electrons. The molecular formula is C33H28F3N3O2. The lowest BCUT2D eigenvalue weighted by molar-refractivity contribution is -0.137. The Kier molecular flexibility index (Phi) is 7.41. The van der Waals surface area contributed by atoms with Crippen molar-refractivity contribution in [3.8, 4) is 39.7 Å². The van der Waals surface area contributed by atoms with E-state index in [-0.39, 0.29) is 6.54 Å². The van der Waals surface area contributed by atoms with Crippen LogP contribution in [0.15, 0.2) is 91.0 Å². The molecule has 0 aliphatic carbocycles. The minimum atomic E-state index is -4.51. The second-order valence-corrected chi connectivity index (χ2v) is 9.96. The quantitative estimate of drug-likeness (QED) is 0.224. The number of primary amides is 1. The molecule has 1 amide bonds. The summed E-state index contributed by atoms with van der Waals surface area (Å²) in [6, 6.07) is 26.2. The molecule has 0 unspecified atom stereocenters. The monoisotopic (exact) mass is 555 g/mol. The highest BCUT2D eigenvalue weighted by Crippen LogP contribution is 2.39. The van der Waals surface area contributed by atoms with Crippen molar-refractivity contribution in [2.24, 2.45) is 5.73 Å². The molecule has 0 atom stereocenters. The van der Waals surface area contributed by atoms with Crippen molar-refractivity contribution in [3.05, 3.63) is 119 Å². The number of amides is 1. The zero-order valence-corrected chi connectivity index (χ0v) is 22.8. The highest BCUT2D eigenvalue weighted by atomic mass is 19.4. The van der Waals surface area contributed by atoms with Gasteiger partial charge in [-0.1, -0.05) is 42.0 Å². The van der Waals surface area contributed by atoms with E-state index in [4.69, 9.17) is 15.5 Å². The molecule has 8 heteroatoms. The highest BCUT2D eigenvalue weighted by Gasteiger charge is 2.32. The minimum Gasteiger partial charge on any atom is -0.497 e. The molecular weight excluding hydrogens is 527 g/mol. The maximum absolute atomic E-state index is 13.9. The van der Waals surface area contributed by atoms with Gasteiger partial charge in [0.2, 0.25) is 5.91 Å². The first-order valence-corrected chi connectivity index (χ1v) is 12.9. The number of aryl methyl sites for hydroxylation is 2. The maximum atomic E-state index is 13.9. The Bertz CT molecular complexity index is 1700. The van der Waals surface area contributed by atoms with Crippen LogP contribution < -0.4 is 10.5 Å². The average Bonchev–Trinajstić information content (AvgIpc) is 3.32. The van der Waals surface area contributed by atoms with Gasteiger partial charge >= 0.3 is 6.18 Å². The van der Waals surface area contributed by atoms with Gasteiger partial charge in [0.25, 0.3) is 0 Å². The van der Waals surface area contributed by atoms with Crippen LogP contribution in [0.2, 0.25) is 0 Å². The number of aromatic nitrogens is 2. The number of halogens is 3. The fourth-order valence-corrected chi connectivity index (χ4v) is 4.81. The fraction of sp³-hybridized carbons (Fsp3) is 0.152. The summed E-state index contributed by atoms with van der Waals surface area (Å²) in [6.45, 7) is 3.91. The summed E-state index contributed by atoms with van der Waals surface area (Å²) in [5, 5.41) is 0. The van der Waals surface area contributed by atoms with Gasteiger partial charge in [0.15, 0.2) is 0 Å². The van der Waals surface area contributed by atoms with Crippen molar-refractivity contribution in [1.82, 2.24) is 9.55 Å². The molecule has 1 aromatic heterocycles. The van der Waals surface area contributed by atoms with Gasteiger partial charge < -0.3 is 15.0 Å². The van der Waals surface area contributed by atoms with Gasteiger partial charge in [-0.2, -0.15) is 13.2 Å². The summed E-state index contributed by atoms with van der Waals surface area (Å²) >= 11 is 0. The van der Waals surface area contributed by atoms with Crippen LogP contribution in [0, 0.1) is 13.8 Å². The Morgan fingerprint density at radius 1 is 0.829 bits per heavy atom. The summed E-state index contributed by atoms with van der Waals surface area (Å²) < 4.78 is 48.9. The molecule has 0 fully saturated rings. The van der Waals surface area contributed by atoms with E-state index in [1.165, 1.54) is 0 Å². The molecule has 0 saturated heterocycles. The highest BCUT2D eigenvalue weighted by molar-refractivity contribution is 5.92. The molecule has 0 aliphatic rings. The number of nitrogens with two attached hydrogens (primary N) is 1. The third kappa shape index (κ3) is 5.87. The average molecular weight is 556 g/mol. The van der Waals surface area contributed by atoms with E-state index in [2.05, 4.69) is 0 Å². The first-order chi connectivity index (χ1) is 19.5. The minimum absolute atomic E-state index is 0.282. The SMILES string of the molecule is COc1ccc(-c2c(-c3ccc(C)cc3)nc(-c3cc(C)cc(C(F)(F)F)c3)n2Cc2ccc(C(N)=O)cc2)cc1.